The number of hydrogen-bond donors (Lipinski definition) is 2. The Bertz CT molecular complexity index is 939. The molecule has 1 saturated carbocycles. The van der Waals surface area contributed by atoms with Crippen LogP contribution < -0.4 is 10.7 Å². The Balaban J connectivity index is 1.56. The molecule has 0 bridgehead atoms. The zero-order valence-electron chi connectivity index (χ0n) is 20.6. The van der Waals surface area contributed by atoms with Gasteiger partial charge in [-0.1, -0.05) is 38.0 Å². The highest BCUT2D eigenvalue weighted by Crippen LogP contribution is 2.29. The van der Waals surface area contributed by atoms with Gasteiger partial charge in [-0.15, -0.1) is 11.3 Å². The number of hydrogen-bond acceptors (Lipinski definition) is 7. The van der Waals surface area contributed by atoms with Gasteiger partial charge in [-0.05, 0) is 44.8 Å². The molecular formula is C25H38N6OS. The third kappa shape index (κ3) is 7.01. The molecule has 0 saturated heterocycles. The van der Waals surface area contributed by atoms with Crippen LogP contribution in [-0.2, 0) is 5.41 Å². The van der Waals surface area contributed by atoms with Crippen LogP contribution in [0, 0.1) is 6.92 Å². The molecule has 33 heavy (non-hydrogen) atoms. The molecule has 3 rings (SSSR count). The molecule has 7 nitrogen and oxygen atoms in total. The number of nitrogens with zero attached hydrogens (tertiary/aromatic N) is 4. The number of hydrazone groups is 1. The van der Waals surface area contributed by atoms with E-state index in [-0.39, 0.29) is 17.4 Å². The van der Waals surface area contributed by atoms with Gasteiger partial charge < -0.3 is 10.3 Å². The normalized spacial score (nSPS) is 17.7. The molecular weight excluding hydrogens is 432 g/mol. The van der Waals surface area contributed by atoms with Crippen LogP contribution >= 0.6 is 11.3 Å². The van der Waals surface area contributed by atoms with E-state index in [0.29, 0.717) is 11.6 Å². The van der Waals surface area contributed by atoms with Gasteiger partial charge in [0, 0.05) is 49.4 Å². The van der Waals surface area contributed by atoms with Gasteiger partial charge in [-0.3, -0.25) is 9.80 Å². The van der Waals surface area contributed by atoms with E-state index in [1.165, 1.54) is 36.2 Å². The van der Waals surface area contributed by atoms with Crippen molar-refractivity contribution >= 4 is 23.5 Å². The highest BCUT2D eigenvalue weighted by atomic mass is 32.1. The summed E-state index contributed by atoms with van der Waals surface area (Å²) in [7, 11) is 3.92. The summed E-state index contributed by atoms with van der Waals surface area (Å²) in [5.74, 6) is -0.0461. The number of likely N-dealkylation sites (N-methyl/N-ethyl adjacent to an activating group) is 1. The zero-order valence-corrected chi connectivity index (χ0v) is 21.5. The monoisotopic (exact) mass is 470 g/mol. The number of carbonyl (C=O) groups is 1. The van der Waals surface area contributed by atoms with Crippen molar-refractivity contribution in [2.45, 2.75) is 64.3 Å². The van der Waals surface area contributed by atoms with E-state index < -0.39 is 0 Å². The Hall–Kier alpha value is -2.45. The second-order valence-corrected chi connectivity index (χ2v) is 10.8. The zero-order chi connectivity index (χ0) is 24.0. The maximum absolute atomic E-state index is 12.7. The SMILES string of the molecule is C=C(/C=C\CN(C)/N=C\C(C)(C)c1nc(C(=O)NC2CCCCC2)sc1C)C1=CN(C)NC1. The molecule has 0 unspecified atom stereocenters. The van der Waals surface area contributed by atoms with Crippen molar-refractivity contribution in [3.63, 3.8) is 0 Å². The smallest absolute Gasteiger partial charge is 0.280 e. The average molecular weight is 471 g/mol. The van der Waals surface area contributed by atoms with Crippen LogP contribution in [0.15, 0.2) is 41.2 Å². The molecule has 1 aromatic heterocycles. The van der Waals surface area contributed by atoms with Crippen molar-refractivity contribution in [3.05, 3.63) is 51.7 Å². The van der Waals surface area contributed by atoms with E-state index in [1.54, 1.807) is 0 Å². The largest absolute Gasteiger partial charge is 0.347 e. The van der Waals surface area contributed by atoms with Crippen molar-refractivity contribution in [3.8, 4) is 0 Å². The maximum Gasteiger partial charge on any atom is 0.280 e. The molecule has 2 aliphatic rings. The molecule has 1 amide bonds. The number of aryl methyl sites for hydroxylation is 1. The van der Waals surface area contributed by atoms with E-state index >= 15 is 0 Å². The first-order chi connectivity index (χ1) is 15.7. The quantitative estimate of drug-likeness (QED) is 0.322. The van der Waals surface area contributed by atoms with Gasteiger partial charge in [0.15, 0.2) is 5.01 Å². The van der Waals surface area contributed by atoms with Gasteiger partial charge in [-0.2, -0.15) is 5.10 Å². The summed E-state index contributed by atoms with van der Waals surface area (Å²) in [5.41, 5.74) is 5.93. The molecule has 1 fully saturated rings. The van der Waals surface area contributed by atoms with Crippen molar-refractivity contribution in [2.75, 3.05) is 27.2 Å². The lowest BCUT2D eigenvalue weighted by Gasteiger charge is -2.22. The number of nitrogens with one attached hydrogen (secondary N) is 2. The summed E-state index contributed by atoms with van der Waals surface area (Å²) < 4.78 is 0. The van der Waals surface area contributed by atoms with E-state index in [4.69, 9.17) is 4.98 Å². The lowest BCUT2D eigenvalue weighted by atomic mass is 9.90. The Morgan fingerprint density at radius 1 is 1.42 bits per heavy atom. The van der Waals surface area contributed by atoms with Gasteiger partial charge in [0.2, 0.25) is 0 Å². The molecule has 0 atom stereocenters. The minimum absolute atomic E-state index is 0.0461. The van der Waals surface area contributed by atoms with Crippen LogP contribution in [0.3, 0.4) is 0 Å². The minimum atomic E-state index is -0.379. The first-order valence-electron chi connectivity index (χ1n) is 11.7. The van der Waals surface area contributed by atoms with Crippen LogP contribution in [0.25, 0.3) is 0 Å². The standard InChI is InChI=1S/C25H38N6OS/c1-18(20-15-26-31(6)16-20)11-10-14-30(5)27-17-25(3,4)22-19(2)33-24(29-22)23(32)28-21-12-8-7-9-13-21/h10-11,16-17,21,26H,1,7-9,12-15H2,2-6H3,(H,28,32)/b11-10-,27-17-. The molecule has 8 heteroatoms. The van der Waals surface area contributed by atoms with E-state index in [9.17, 15) is 4.79 Å². The van der Waals surface area contributed by atoms with E-state index in [0.717, 1.165) is 35.5 Å². The first kappa shape index (κ1) is 25.2. The van der Waals surface area contributed by atoms with Gasteiger partial charge in [0.25, 0.3) is 5.91 Å². The first-order valence-corrected chi connectivity index (χ1v) is 12.6. The molecule has 180 valence electrons. The average Bonchev–Trinajstić information content (AvgIpc) is 3.39. The third-order valence-electron chi connectivity index (χ3n) is 6.09. The lowest BCUT2D eigenvalue weighted by Crippen LogP contribution is -2.36. The van der Waals surface area contributed by atoms with Crippen LogP contribution in [0.2, 0.25) is 0 Å². The summed E-state index contributed by atoms with van der Waals surface area (Å²) in [4.78, 5) is 18.5. The third-order valence-corrected chi connectivity index (χ3v) is 7.06. The summed E-state index contributed by atoms with van der Waals surface area (Å²) >= 11 is 1.47. The summed E-state index contributed by atoms with van der Waals surface area (Å²) in [6.07, 6.45) is 13.9. The van der Waals surface area contributed by atoms with Gasteiger partial charge in [-0.25, -0.2) is 10.4 Å². The number of rotatable bonds is 9. The molecule has 1 aliphatic carbocycles. The number of amides is 1. The lowest BCUT2D eigenvalue weighted by molar-refractivity contribution is 0.0927. The fourth-order valence-electron chi connectivity index (χ4n) is 4.12. The Labute approximate surface area is 202 Å². The van der Waals surface area contributed by atoms with Gasteiger partial charge >= 0.3 is 0 Å². The van der Waals surface area contributed by atoms with Gasteiger partial charge in [0.1, 0.15) is 0 Å². The van der Waals surface area contributed by atoms with Crippen LogP contribution in [0.1, 0.15) is 66.3 Å². The Morgan fingerprint density at radius 3 is 2.82 bits per heavy atom. The Morgan fingerprint density at radius 2 is 2.15 bits per heavy atom. The fraction of sp³-hybridized carbons (Fsp3) is 0.560. The molecule has 0 radical (unpaired) electrons. The molecule has 2 heterocycles. The topological polar surface area (TPSA) is 72.9 Å². The summed E-state index contributed by atoms with van der Waals surface area (Å²) in [6.45, 7) is 11.8. The van der Waals surface area contributed by atoms with Crippen molar-refractivity contribution in [1.82, 2.24) is 25.7 Å². The highest BCUT2D eigenvalue weighted by molar-refractivity contribution is 7.13. The van der Waals surface area contributed by atoms with Crippen molar-refractivity contribution in [1.29, 1.82) is 0 Å². The van der Waals surface area contributed by atoms with Crippen molar-refractivity contribution < 1.29 is 4.79 Å². The fourth-order valence-corrected chi connectivity index (χ4v) is 5.11. The second-order valence-electron chi connectivity index (χ2n) is 9.57. The summed E-state index contributed by atoms with van der Waals surface area (Å²) in [6, 6.07) is 0.286. The van der Waals surface area contributed by atoms with Crippen molar-refractivity contribution in [2.24, 2.45) is 5.10 Å². The van der Waals surface area contributed by atoms with Gasteiger partial charge in [0.05, 0.1) is 12.2 Å². The number of thiazole rings is 1. The molecule has 0 spiro atoms. The van der Waals surface area contributed by atoms with Crippen LogP contribution in [-0.4, -0.2) is 60.4 Å². The number of allylic oxidation sites excluding steroid dienone is 1. The minimum Gasteiger partial charge on any atom is -0.347 e. The Kier molecular flexibility index (Phi) is 8.48. The van der Waals surface area contributed by atoms with E-state index in [2.05, 4.69) is 48.5 Å². The maximum atomic E-state index is 12.7. The predicted octanol–water partition coefficient (Wildman–Crippen LogP) is 4.16. The number of aromatic nitrogens is 1. The van der Waals surface area contributed by atoms with E-state index in [1.807, 2.05) is 43.3 Å². The molecule has 1 aliphatic heterocycles. The molecule has 1 aromatic rings. The number of hydrazine groups is 1. The second kappa shape index (κ2) is 11.1. The molecule has 0 aromatic carbocycles. The highest BCUT2D eigenvalue weighted by Gasteiger charge is 2.27. The number of carbonyl (C=O) groups excluding carboxylic acids is 1. The summed E-state index contributed by atoms with van der Waals surface area (Å²) in [5, 5.41) is 12.2. The molecule has 2 N–H and O–H groups in total. The van der Waals surface area contributed by atoms with Crippen LogP contribution in [0.4, 0.5) is 0 Å². The predicted molar refractivity (Wildman–Crippen MR) is 137 cm³/mol. The van der Waals surface area contributed by atoms with Crippen LogP contribution in [0.5, 0.6) is 0 Å².